The number of nitrogens with one attached hydrogen (secondary N) is 1. The quantitative estimate of drug-likeness (QED) is 0.464. The van der Waals surface area contributed by atoms with Gasteiger partial charge in [-0.1, -0.05) is 38.1 Å². The van der Waals surface area contributed by atoms with Gasteiger partial charge in [0.05, 0.1) is 18.9 Å². The van der Waals surface area contributed by atoms with Gasteiger partial charge in [0.15, 0.2) is 0 Å². The van der Waals surface area contributed by atoms with E-state index in [1.165, 1.54) is 11.9 Å². The molecule has 3 atom stereocenters. The van der Waals surface area contributed by atoms with Crippen LogP contribution in [0.5, 0.6) is 0 Å². The molecule has 3 rings (SSSR count). The standard InChI is InChI=1S/C29H47FN6O5/c1-19(33(8)27(40)41-29(5,6)7)24(37)32-23(28(2,3)4)26(39)35-15-11-14-21(35)16-36(30)25(38)22-17-34(18-31-22)20-12-9-10-13-20/h17-21,23H,9-16H2,1-8H3,(H,32,37)/t19-,21-,23+/m0/s1. The van der Waals surface area contributed by atoms with Gasteiger partial charge in [0, 0.05) is 25.8 Å². The van der Waals surface area contributed by atoms with Gasteiger partial charge in [-0.25, -0.2) is 9.78 Å². The van der Waals surface area contributed by atoms with Crippen LogP contribution >= 0.6 is 0 Å². The Bertz CT molecular complexity index is 1100. The van der Waals surface area contributed by atoms with Crippen molar-refractivity contribution in [3.63, 3.8) is 0 Å². The number of ether oxygens (including phenoxy) is 1. The highest BCUT2D eigenvalue weighted by Crippen LogP contribution is 2.30. The minimum atomic E-state index is -0.934. The Hall–Kier alpha value is -3.18. The van der Waals surface area contributed by atoms with E-state index >= 15 is 4.48 Å². The largest absolute Gasteiger partial charge is 0.444 e. The van der Waals surface area contributed by atoms with Crippen LogP contribution in [0.3, 0.4) is 0 Å². The van der Waals surface area contributed by atoms with Crippen molar-refractivity contribution in [2.45, 2.75) is 117 Å². The summed E-state index contributed by atoms with van der Waals surface area (Å²) >= 11 is 0. The number of likely N-dealkylation sites (N-methyl/N-ethyl adjacent to an activating group) is 1. The number of nitrogens with zero attached hydrogens (tertiary/aromatic N) is 5. The summed E-state index contributed by atoms with van der Waals surface area (Å²) in [6.07, 6.45) is 8.00. The first-order chi connectivity index (χ1) is 19.0. The monoisotopic (exact) mass is 578 g/mol. The number of rotatable bonds is 8. The Balaban J connectivity index is 1.66. The number of hydrogen-bond donors (Lipinski definition) is 1. The molecule has 1 saturated carbocycles. The van der Waals surface area contributed by atoms with E-state index in [2.05, 4.69) is 10.3 Å². The molecule has 0 unspecified atom stereocenters. The van der Waals surface area contributed by atoms with Gasteiger partial charge in [0.1, 0.15) is 23.4 Å². The van der Waals surface area contributed by atoms with Crippen LogP contribution in [-0.4, -0.2) is 92.2 Å². The molecule has 12 heteroatoms. The highest BCUT2D eigenvalue weighted by atomic mass is 19.2. The number of imidazole rings is 1. The van der Waals surface area contributed by atoms with Gasteiger partial charge in [0.2, 0.25) is 11.8 Å². The van der Waals surface area contributed by atoms with E-state index in [0.29, 0.717) is 19.4 Å². The zero-order valence-corrected chi connectivity index (χ0v) is 25.8. The Morgan fingerprint density at radius 2 is 1.73 bits per heavy atom. The summed E-state index contributed by atoms with van der Waals surface area (Å²) in [6.45, 7) is 12.3. The van der Waals surface area contributed by atoms with Gasteiger partial charge < -0.3 is 19.5 Å². The molecule has 2 fully saturated rings. The van der Waals surface area contributed by atoms with Crippen LogP contribution in [0.25, 0.3) is 0 Å². The van der Waals surface area contributed by atoms with Crippen molar-refractivity contribution in [1.82, 2.24) is 29.8 Å². The number of hydrogen-bond acceptors (Lipinski definition) is 6. The Labute approximate surface area is 242 Å². The van der Waals surface area contributed by atoms with E-state index in [1.54, 1.807) is 45.1 Å². The minimum Gasteiger partial charge on any atom is -0.444 e. The van der Waals surface area contributed by atoms with Crippen molar-refractivity contribution in [2.24, 2.45) is 5.41 Å². The third-order valence-electron chi connectivity index (χ3n) is 7.86. The first-order valence-corrected chi connectivity index (χ1v) is 14.6. The molecule has 0 spiro atoms. The smallest absolute Gasteiger partial charge is 0.410 e. The SMILES string of the molecule is C[C@@H](C(=O)N[C@H](C(=O)N1CCC[C@H]1CN(F)C(=O)c1cn(C2CCCC2)cn1)C(C)(C)C)N(C)C(=O)OC(C)(C)C. The second kappa shape index (κ2) is 12.8. The van der Waals surface area contributed by atoms with Crippen molar-refractivity contribution in [1.29, 1.82) is 0 Å². The molecule has 0 aromatic carbocycles. The van der Waals surface area contributed by atoms with Crippen molar-refractivity contribution < 1.29 is 28.4 Å². The van der Waals surface area contributed by atoms with Crippen LogP contribution in [0, 0.1) is 5.41 Å². The number of likely N-dealkylation sites (tertiary alicyclic amines) is 1. The first-order valence-electron chi connectivity index (χ1n) is 14.6. The third kappa shape index (κ3) is 8.19. The maximum Gasteiger partial charge on any atom is 0.410 e. The van der Waals surface area contributed by atoms with Gasteiger partial charge in [-0.3, -0.25) is 19.3 Å². The number of halogens is 1. The van der Waals surface area contributed by atoms with Crippen LogP contribution in [0.4, 0.5) is 9.28 Å². The lowest BCUT2D eigenvalue weighted by molar-refractivity contribution is -0.141. The molecular weight excluding hydrogens is 531 g/mol. The summed E-state index contributed by atoms with van der Waals surface area (Å²) in [5, 5.41) is 2.96. The normalized spacial score (nSPS) is 19.5. The number of aromatic nitrogens is 2. The van der Waals surface area contributed by atoms with E-state index in [-0.39, 0.29) is 29.3 Å². The van der Waals surface area contributed by atoms with Crippen LogP contribution in [0.1, 0.15) is 104 Å². The first kappa shape index (κ1) is 32.3. The second-order valence-corrected chi connectivity index (χ2v) is 13.4. The van der Waals surface area contributed by atoms with Gasteiger partial charge in [-0.2, -0.15) is 5.12 Å². The van der Waals surface area contributed by atoms with Crippen molar-refractivity contribution in [3.05, 3.63) is 18.2 Å². The van der Waals surface area contributed by atoms with Crippen LogP contribution < -0.4 is 5.32 Å². The Kier molecular flexibility index (Phi) is 10.1. The molecule has 1 N–H and O–H groups in total. The Morgan fingerprint density at radius 1 is 1.10 bits per heavy atom. The Morgan fingerprint density at radius 3 is 2.32 bits per heavy atom. The van der Waals surface area contributed by atoms with E-state index in [1.807, 2.05) is 25.3 Å². The number of carbonyl (C=O) groups is 4. The van der Waals surface area contributed by atoms with Gasteiger partial charge >= 0.3 is 12.0 Å². The van der Waals surface area contributed by atoms with Crippen molar-refractivity contribution >= 4 is 23.8 Å². The third-order valence-corrected chi connectivity index (χ3v) is 7.86. The lowest BCUT2D eigenvalue weighted by Gasteiger charge is -2.37. The average Bonchev–Trinajstić information content (AvgIpc) is 3.65. The van der Waals surface area contributed by atoms with Gasteiger partial charge in [-0.05, 0) is 58.8 Å². The summed E-state index contributed by atoms with van der Waals surface area (Å²) in [7, 11) is 1.46. The molecule has 230 valence electrons. The highest BCUT2D eigenvalue weighted by molar-refractivity contribution is 5.92. The molecule has 0 bridgehead atoms. The maximum atomic E-state index is 15.2. The van der Waals surface area contributed by atoms with E-state index in [9.17, 15) is 19.2 Å². The van der Waals surface area contributed by atoms with Crippen molar-refractivity contribution in [2.75, 3.05) is 20.1 Å². The minimum absolute atomic E-state index is 0.0400. The molecule has 4 amide bonds. The fourth-order valence-electron chi connectivity index (χ4n) is 5.30. The summed E-state index contributed by atoms with van der Waals surface area (Å²) in [5.41, 5.74) is -1.36. The summed E-state index contributed by atoms with van der Waals surface area (Å²) in [5.74, 6) is -1.70. The molecule has 1 aromatic rings. The fraction of sp³-hybridized carbons (Fsp3) is 0.759. The lowest BCUT2D eigenvalue weighted by Crippen LogP contribution is -2.59. The molecular formula is C29H47FN6O5. The van der Waals surface area contributed by atoms with Crippen LogP contribution in [0.2, 0.25) is 0 Å². The topological polar surface area (TPSA) is 117 Å². The number of carbonyl (C=O) groups excluding carboxylic acids is 4. The zero-order chi connectivity index (χ0) is 30.7. The molecule has 41 heavy (non-hydrogen) atoms. The number of amides is 4. The van der Waals surface area contributed by atoms with Crippen LogP contribution in [-0.2, 0) is 14.3 Å². The van der Waals surface area contributed by atoms with Gasteiger partial charge in [0.25, 0.3) is 0 Å². The summed E-state index contributed by atoms with van der Waals surface area (Å²) < 4.78 is 22.4. The molecule has 1 saturated heterocycles. The molecule has 2 aliphatic rings. The summed E-state index contributed by atoms with van der Waals surface area (Å²) in [6, 6.07) is -2.09. The van der Waals surface area contributed by atoms with E-state index < -0.39 is 47.0 Å². The van der Waals surface area contributed by atoms with Gasteiger partial charge in [-0.15, -0.1) is 0 Å². The maximum absolute atomic E-state index is 15.2. The zero-order valence-electron chi connectivity index (χ0n) is 25.8. The lowest BCUT2D eigenvalue weighted by atomic mass is 9.85. The van der Waals surface area contributed by atoms with E-state index in [0.717, 1.165) is 25.7 Å². The fourth-order valence-corrected chi connectivity index (χ4v) is 5.30. The predicted octanol–water partition coefficient (Wildman–Crippen LogP) is 4.10. The molecule has 1 aliphatic heterocycles. The van der Waals surface area contributed by atoms with Crippen molar-refractivity contribution in [3.8, 4) is 0 Å². The molecule has 2 heterocycles. The molecule has 1 aromatic heterocycles. The predicted molar refractivity (Wildman–Crippen MR) is 151 cm³/mol. The molecule has 11 nitrogen and oxygen atoms in total. The second-order valence-electron chi connectivity index (χ2n) is 13.4. The molecule has 1 aliphatic carbocycles. The molecule has 0 radical (unpaired) electrons. The van der Waals surface area contributed by atoms with E-state index in [4.69, 9.17) is 4.74 Å². The average molecular weight is 579 g/mol. The summed E-state index contributed by atoms with van der Waals surface area (Å²) in [4.78, 5) is 59.1. The van der Waals surface area contributed by atoms with Crippen LogP contribution in [0.15, 0.2) is 12.5 Å². The highest BCUT2D eigenvalue weighted by Gasteiger charge is 2.42.